The maximum atomic E-state index is 6.42. The summed E-state index contributed by atoms with van der Waals surface area (Å²) in [4.78, 5) is 2.47. The smallest absolute Gasteiger partial charge is 0.0471 e. The van der Waals surface area contributed by atoms with Gasteiger partial charge in [0, 0.05) is 36.4 Å². The van der Waals surface area contributed by atoms with E-state index in [0.717, 1.165) is 30.1 Å². The minimum atomic E-state index is 0.735. The van der Waals surface area contributed by atoms with Crippen LogP contribution in [0.3, 0.4) is 0 Å². The first-order valence-corrected chi connectivity index (χ1v) is 7.87. The molecule has 3 heteroatoms. The SMILES string of the molecule is CC1CCCN(c2ccc(CNC3CC3)c(Cl)c2)C1. The first kappa shape index (κ1) is 13.3. The Hall–Kier alpha value is -0.730. The molecule has 1 heterocycles. The van der Waals surface area contributed by atoms with E-state index in [2.05, 4.69) is 35.3 Å². The maximum absolute atomic E-state index is 6.42. The highest BCUT2D eigenvalue weighted by Crippen LogP contribution is 2.28. The topological polar surface area (TPSA) is 15.3 Å². The summed E-state index contributed by atoms with van der Waals surface area (Å²) in [7, 11) is 0. The molecule has 3 rings (SSSR count). The number of nitrogens with zero attached hydrogens (tertiary/aromatic N) is 1. The molecule has 0 aromatic heterocycles. The second-order valence-corrected chi connectivity index (χ2v) is 6.53. The van der Waals surface area contributed by atoms with Gasteiger partial charge in [0.1, 0.15) is 0 Å². The zero-order valence-electron chi connectivity index (χ0n) is 11.7. The first-order valence-electron chi connectivity index (χ1n) is 7.49. The molecule has 2 fully saturated rings. The Morgan fingerprint density at radius 1 is 1.32 bits per heavy atom. The number of nitrogens with one attached hydrogen (secondary N) is 1. The monoisotopic (exact) mass is 278 g/mol. The van der Waals surface area contributed by atoms with Crippen molar-refractivity contribution in [3.8, 4) is 0 Å². The summed E-state index contributed by atoms with van der Waals surface area (Å²) in [5.74, 6) is 0.795. The van der Waals surface area contributed by atoms with Crippen molar-refractivity contribution in [1.82, 2.24) is 5.32 Å². The molecule has 1 atom stereocenters. The van der Waals surface area contributed by atoms with Crippen LogP contribution in [0.2, 0.25) is 5.02 Å². The normalized spacial score (nSPS) is 23.7. The third kappa shape index (κ3) is 3.43. The summed E-state index contributed by atoms with van der Waals surface area (Å²) >= 11 is 6.42. The van der Waals surface area contributed by atoms with Crippen molar-refractivity contribution in [1.29, 1.82) is 0 Å². The molecular formula is C16H23ClN2. The molecule has 1 aliphatic carbocycles. The van der Waals surface area contributed by atoms with Crippen LogP contribution in [0.5, 0.6) is 0 Å². The fraction of sp³-hybridized carbons (Fsp3) is 0.625. The van der Waals surface area contributed by atoms with Gasteiger partial charge in [-0.1, -0.05) is 24.6 Å². The van der Waals surface area contributed by atoms with Gasteiger partial charge in [-0.05, 0) is 49.3 Å². The molecule has 1 N–H and O–H groups in total. The van der Waals surface area contributed by atoms with Crippen LogP contribution in [0.4, 0.5) is 5.69 Å². The second kappa shape index (κ2) is 5.72. The van der Waals surface area contributed by atoms with Crippen molar-refractivity contribution in [3.63, 3.8) is 0 Å². The van der Waals surface area contributed by atoms with Gasteiger partial charge in [-0.2, -0.15) is 0 Å². The van der Waals surface area contributed by atoms with Crippen LogP contribution in [-0.2, 0) is 6.54 Å². The number of piperidine rings is 1. The molecule has 0 amide bonds. The minimum absolute atomic E-state index is 0.735. The van der Waals surface area contributed by atoms with Gasteiger partial charge in [-0.3, -0.25) is 0 Å². The predicted molar refractivity (Wildman–Crippen MR) is 81.9 cm³/mol. The van der Waals surface area contributed by atoms with Gasteiger partial charge >= 0.3 is 0 Å². The first-order chi connectivity index (χ1) is 9.22. The van der Waals surface area contributed by atoms with Crippen LogP contribution < -0.4 is 10.2 Å². The van der Waals surface area contributed by atoms with Crippen LogP contribution in [0.25, 0.3) is 0 Å². The van der Waals surface area contributed by atoms with Gasteiger partial charge in [0.25, 0.3) is 0 Å². The standard InChI is InChI=1S/C16H23ClN2/c1-12-3-2-8-19(11-12)15-7-4-13(16(17)9-15)10-18-14-5-6-14/h4,7,9,12,14,18H,2-3,5-6,8,10-11H2,1H3. The third-order valence-corrected chi connectivity index (χ3v) is 4.57. The average Bonchev–Trinajstić information content (AvgIpc) is 3.21. The number of halogens is 1. The van der Waals surface area contributed by atoms with Crippen molar-refractivity contribution in [3.05, 3.63) is 28.8 Å². The molecule has 0 radical (unpaired) electrons. The molecule has 2 aliphatic rings. The highest BCUT2D eigenvalue weighted by molar-refractivity contribution is 6.31. The summed E-state index contributed by atoms with van der Waals surface area (Å²) in [5, 5.41) is 4.43. The van der Waals surface area contributed by atoms with Crippen LogP contribution in [0.15, 0.2) is 18.2 Å². The predicted octanol–water partition coefficient (Wildman–Crippen LogP) is 3.83. The zero-order valence-corrected chi connectivity index (χ0v) is 12.4. The van der Waals surface area contributed by atoms with Gasteiger partial charge in [0.15, 0.2) is 0 Å². The molecular weight excluding hydrogens is 256 g/mol. The van der Waals surface area contributed by atoms with E-state index in [-0.39, 0.29) is 0 Å². The number of hydrogen-bond donors (Lipinski definition) is 1. The Bertz CT molecular complexity index is 442. The van der Waals surface area contributed by atoms with E-state index in [1.807, 2.05) is 0 Å². The largest absolute Gasteiger partial charge is 0.371 e. The Balaban J connectivity index is 1.67. The van der Waals surface area contributed by atoms with Gasteiger partial charge in [0.2, 0.25) is 0 Å². The molecule has 1 unspecified atom stereocenters. The van der Waals surface area contributed by atoms with E-state index in [4.69, 9.17) is 11.6 Å². The van der Waals surface area contributed by atoms with E-state index in [9.17, 15) is 0 Å². The maximum Gasteiger partial charge on any atom is 0.0471 e. The highest BCUT2D eigenvalue weighted by atomic mass is 35.5. The molecule has 1 aliphatic heterocycles. The van der Waals surface area contributed by atoms with Crippen LogP contribution >= 0.6 is 11.6 Å². The van der Waals surface area contributed by atoms with Crippen molar-refractivity contribution in [2.45, 2.75) is 45.2 Å². The fourth-order valence-corrected chi connectivity index (χ4v) is 3.08. The fourth-order valence-electron chi connectivity index (χ4n) is 2.84. The molecule has 0 bridgehead atoms. The van der Waals surface area contributed by atoms with E-state index < -0.39 is 0 Å². The molecule has 0 spiro atoms. The summed E-state index contributed by atoms with van der Waals surface area (Å²) in [6, 6.07) is 7.29. The van der Waals surface area contributed by atoms with Crippen LogP contribution in [-0.4, -0.2) is 19.1 Å². The van der Waals surface area contributed by atoms with Gasteiger partial charge in [-0.15, -0.1) is 0 Å². The quantitative estimate of drug-likeness (QED) is 0.900. The van der Waals surface area contributed by atoms with Crippen LogP contribution in [0, 0.1) is 5.92 Å². The van der Waals surface area contributed by atoms with E-state index >= 15 is 0 Å². The lowest BCUT2D eigenvalue weighted by Crippen LogP contribution is -2.34. The van der Waals surface area contributed by atoms with Crippen molar-refractivity contribution in [2.24, 2.45) is 5.92 Å². The summed E-state index contributed by atoms with van der Waals surface area (Å²) in [6.45, 7) is 5.57. The Morgan fingerprint density at radius 3 is 2.84 bits per heavy atom. The third-order valence-electron chi connectivity index (χ3n) is 4.22. The zero-order chi connectivity index (χ0) is 13.2. The Morgan fingerprint density at radius 2 is 2.16 bits per heavy atom. The molecule has 1 aromatic carbocycles. The number of hydrogen-bond acceptors (Lipinski definition) is 2. The number of rotatable bonds is 4. The Kier molecular flexibility index (Phi) is 3.99. The number of anilines is 1. The number of benzene rings is 1. The summed E-state index contributed by atoms with van der Waals surface area (Å²) in [6.07, 6.45) is 5.29. The van der Waals surface area contributed by atoms with Crippen LogP contribution in [0.1, 0.15) is 38.2 Å². The van der Waals surface area contributed by atoms with E-state index in [1.165, 1.54) is 43.5 Å². The summed E-state index contributed by atoms with van der Waals surface area (Å²) < 4.78 is 0. The van der Waals surface area contributed by atoms with Gasteiger partial charge in [0.05, 0.1) is 0 Å². The lowest BCUT2D eigenvalue weighted by molar-refractivity contribution is 0.447. The molecule has 1 saturated carbocycles. The van der Waals surface area contributed by atoms with Gasteiger partial charge < -0.3 is 10.2 Å². The van der Waals surface area contributed by atoms with Crippen molar-refractivity contribution < 1.29 is 0 Å². The Labute approximate surface area is 121 Å². The summed E-state index contributed by atoms with van der Waals surface area (Å²) in [5.41, 5.74) is 2.51. The lowest BCUT2D eigenvalue weighted by atomic mass is 9.99. The molecule has 1 saturated heterocycles. The van der Waals surface area contributed by atoms with Gasteiger partial charge in [-0.25, -0.2) is 0 Å². The molecule has 104 valence electrons. The van der Waals surface area contributed by atoms with Crippen molar-refractivity contribution >= 4 is 17.3 Å². The second-order valence-electron chi connectivity index (χ2n) is 6.12. The molecule has 19 heavy (non-hydrogen) atoms. The highest BCUT2D eigenvalue weighted by Gasteiger charge is 2.21. The van der Waals surface area contributed by atoms with E-state index in [1.54, 1.807) is 0 Å². The average molecular weight is 279 g/mol. The minimum Gasteiger partial charge on any atom is -0.371 e. The lowest BCUT2D eigenvalue weighted by Gasteiger charge is -2.33. The molecule has 1 aromatic rings. The molecule has 2 nitrogen and oxygen atoms in total. The van der Waals surface area contributed by atoms with E-state index in [0.29, 0.717) is 0 Å². The van der Waals surface area contributed by atoms with Crippen molar-refractivity contribution in [2.75, 3.05) is 18.0 Å².